The van der Waals surface area contributed by atoms with Gasteiger partial charge in [0.15, 0.2) is 0 Å². The van der Waals surface area contributed by atoms with Crippen molar-refractivity contribution < 1.29 is 4.74 Å². The Hall–Kier alpha value is -0.720. The van der Waals surface area contributed by atoms with Gasteiger partial charge in [-0.3, -0.25) is 0 Å². The van der Waals surface area contributed by atoms with Gasteiger partial charge in [-0.15, -0.1) is 11.8 Å². The second kappa shape index (κ2) is 6.28. The van der Waals surface area contributed by atoms with E-state index in [0.29, 0.717) is 11.8 Å². The van der Waals surface area contributed by atoms with Gasteiger partial charge in [-0.2, -0.15) is 9.36 Å². The topological polar surface area (TPSA) is 35.0 Å². The molecule has 0 spiro atoms. The van der Waals surface area contributed by atoms with E-state index in [0.717, 1.165) is 10.7 Å². The van der Waals surface area contributed by atoms with Crippen LogP contribution >= 0.6 is 35.1 Å². The van der Waals surface area contributed by atoms with E-state index >= 15 is 0 Å². The predicted octanol–water partition coefficient (Wildman–Crippen LogP) is 3.56. The number of thioether (sulfide) groups is 2. The van der Waals surface area contributed by atoms with E-state index in [1.54, 1.807) is 11.8 Å². The lowest BCUT2D eigenvalue weighted by Crippen LogP contribution is -1.94. The second-order valence-corrected chi connectivity index (χ2v) is 5.55. The van der Waals surface area contributed by atoms with Crippen LogP contribution < -0.4 is 4.74 Å². The molecule has 0 fully saturated rings. The number of aromatic nitrogens is 2. The molecular weight excluding hydrogens is 272 g/mol. The SMILES string of the molecule is CSc1ccc(COc2nc(SC)ns2)cc1. The van der Waals surface area contributed by atoms with Gasteiger partial charge in [0, 0.05) is 16.4 Å². The molecule has 0 atom stereocenters. The molecule has 6 heteroatoms. The van der Waals surface area contributed by atoms with Gasteiger partial charge in [0.25, 0.3) is 5.19 Å². The summed E-state index contributed by atoms with van der Waals surface area (Å²) in [5.74, 6) is 0. The van der Waals surface area contributed by atoms with Crippen LogP contribution in [0.5, 0.6) is 5.19 Å². The van der Waals surface area contributed by atoms with Crippen LogP contribution in [0, 0.1) is 0 Å². The fraction of sp³-hybridized carbons (Fsp3) is 0.273. The molecule has 0 saturated heterocycles. The molecule has 0 aliphatic heterocycles. The van der Waals surface area contributed by atoms with Crippen LogP contribution in [0.15, 0.2) is 34.3 Å². The Bertz CT molecular complexity index is 470. The molecule has 0 aliphatic rings. The average Bonchev–Trinajstić information content (AvgIpc) is 2.85. The summed E-state index contributed by atoms with van der Waals surface area (Å²) in [5, 5.41) is 1.39. The van der Waals surface area contributed by atoms with E-state index in [4.69, 9.17) is 4.74 Å². The lowest BCUT2D eigenvalue weighted by Gasteiger charge is -2.02. The van der Waals surface area contributed by atoms with Crippen molar-refractivity contribution in [3.63, 3.8) is 0 Å². The van der Waals surface area contributed by atoms with Gasteiger partial charge in [0.2, 0.25) is 5.16 Å². The number of ether oxygens (including phenoxy) is 1. The molecule has 0 saturated carbocycles. The van der Waals surface area contributed by atoms with E-state index in [-0.39, 0.29) is 0 Å². The average molecular weight is 284 g/mol. The Labute approximate surface area is 113 Å². The highest BCUT2D eigenvalue weighted by atomic mass is 32.2. The third-order valence-electron chi connectivity index (χ3n) is 2.09. The fourth-order valence-electron chi connectivity index (χ4n) is 1.21. The molecule has 2 aromatic rings. The number of rotatable bonds is 5. The van der Waals surface area contributed by atoms with Gasteiger partial charge in [0.05, 0.1) is 0 Å². The number of hydrogen-bond acceptors (Lipinski definition) is 6. The zero-order valence-corrected chi connectivity index (χ0v) is 12.0. The van der Waals surface area contributed by atoms with Crippen LogP contribution in [0.4, 0.5) is 0 Å². The standard InChI is InChI=1S/C11H12N2OS3/c1-15-9-5-3-8(4-6-9)7-14-11-12-10(16-2)13-17-11/h3-6H,7H2,1-2H3. The summed E-state index contributed by atoms with van der Waals surface area (Å²) in [6, 6.07) is 8.33. The summed E-state index contributed by atoms with van der Waals surface area (Å²) in [4.78, 5) is 5.48. The Morgan fingerprint density at radius 3 is 2.53 bits per heavy atom. The maximum atomic E-state index is 5.57. The first kappa shape index (κ1) is 12.7. The third kappa shape index (κ3) is 3.62. The largest absolute Gasteiger partial charge is 0.464 e. The first-order valence-corrected chi connectivity index (χ1v) is 8.17. The van der Waals surface area contributed by atoms with Gasteiger partial charge < -0.3 is 4.74 Å². The maximum absolute atomic E-state index is 5.57. The number of benzene rings is 1. The molecule has 17 heavy (non-hydrogen) atoms. The molecule has 1 heterocycles. The summed E-state index contributed by atoms with van der Waals surface area (Å²) in [7, 11) is 0. The van der Waals surface area contributed by atoms with Crippen molar-refractivity contribution in [2.75, 3.05) is 12.5 Å². The summed E-state index contributed by atoms with van der Waals surface area (Å²) in [5.41, 5.74) is 1.14. The van der Waals surface area contributed by atoms with E-state index in [1.807, 2.05) is 6.26 Å². The lowest BCUT2D eigenvalue weighted by atomic mass is 10.2. The maximum Gasteiger partial charge on any atom is 0.294 e. The number of nitrogens with zero attached hydrogens (tertiary/aromatic N) is 2. The van der Waals surface area contributed by atoms with Crippen LogP contribution in [0.3, 0.4) is 0 Å². The fourth-order valence-corrected chi connectivity index (χ4v) is 2.69. The first-order valence-electron chi connectivity index (χ1n) is 4.95. The second-order valence-electron chi connectivity index (χ2n) is 3.18. The van der Waals surface area contributed by atoms with E-state index in [1.165, 1.54) is 28.2 Å². The van der Waals surface area contributed by atoms with E-state index in [9.17, 15) is 0 Å². The molecule has 0 aliphatic carbocycles. The van der Waals surface area contributed by atoms with Gasteiger partial charge >= 0.3 is 0 Å². The van der Waals surface area contributed by atoms with Crippen molar-refractivity contribution in [1.29, 1.82) is 0 Å². The molecule has 0 amide bonds. The zero-order valence-electron chi connectivity index (χ0n) is 9.54. The normalized spacial score (nSPS) is 10.5. The molecule has 0 bridgehead atoms. The Balaban J connectivity index is 1.92. The van der Waals surface area contributed by atoms with Gasteiger partial charge in [-0.1, -0.05) is 23.9 Å². The van der Waals surface area contributed by atoms with Crippen LogP contribution in [0.1, 0.15) is 5.56 Å². The molecule has 0 unspecified atom stereocenters. The summed E-state index contributed by atoms with van der Waals surface area (Å²) in [6.45, 7) is 0.539. The lowest BCUT2D eigenvalue weighted by molar-refractivity contribution is 0.303. The molecule has 90 valence electrons. The monoisotopic (exact) mass is 284 g/mol. The van der Waals surface area contributed by atoms with Crippen LogP contribution in [0.2, 0.25) is 0 Å². The van der Waals surface area contributed by atoms with E-state index < -0.39 is 0 Å². The molecule has 0 radical (unpaired) electrons. The third-order valence-corrected chi connectivity index (χ3v) is 4.13. The van der Waals surface area contributed by atoms with Crippen molar-refractivity contribution in [2.45, 2.75) is 16.7 Å². The molecule has 0 N–H and O–H groups in total. The van der Waals surface area contributed by atoms with Crippen molar-refractivity contribution in [3.05, 3.63) is 29.8 Å². The van der Waals surface area contributed by atoms with Crippen molar-refractivity contribution in [2.24, 2.45) is 0 Å². The highest BCUT2D eigenvalue weighted by molar-refractivity contribution is 7.98. The summed E-state index contributed by atoms with van der Waals surface area (Å²) >= 11 is 4.55. The highest BCUT2D eigenvalue weighted by Crippen LogP contribution is 2.21. The minimum Gasteiger partial charge on any atom is -0.464 e. The van der Waals surface area contributed by atoms with Crippen molar-refractivity contribution in [1.82, 2.24) is 9.36 Å². The predicted molar refractivity (Wildman–Crippen MR) is 74.2 cm³/mol. The van der Waals surface area contributed by atoms with Crippen LogP contribution in [-0.4, -0.2) is 21.9 Å². The highest BCUT2D eigenvalue weighted by Gasteiger charge is 2.03. The number of hydrogen-bond donors (Lipinski definition) is 0. The van der Waals surface area contributed by atoms with Crippen molar-refractivity contribution >= 4 is 35.1 Å². The van der Waals surface area contributed by atoms with Gasteiger partial charge in [-0.25, -0.2) is 0 Å². The Morgan fingerprint density at radius 1 is 1.18 bits per heavy atom. The molecule has 1 aromatic carbocycles. The van der Waals surface area contributed by atoms with Crippen molar-refractivity contribution in [3.8, 4) is 5.19 Å². The quantitative estimate of drug-likeness (QED) is 0.784. The van der Waals surface area contributed by atoms with Gasteiger partial charge in [0.1, 0.15) is 6.61 Å². The smallest absolute Gasteiger partial charge is 0.294 e. The zero-order chi connectivity index (χ0) is 12.1. The summed E-state index contributed by atoms with van der Waals surface area (Å²) < 4.78 is 9.71. The van der Waals surface area contributed by atoms with Crippen LogP contribution in [0.25, 0.3) is 0 Å². The Morgan fingerprint density at radius 2 is 1.94 bits per heavy atom. The van der Waals surface area contributed by atoms with Gasteiger partial charge in [-0.05, 0) is 30.2 Å². The summed E-state index contributed by atoms with van der Waals surface area (Å²) in [6.07, 6.45) is 4.02. The minimum atomic E-state index is 0.539. The van der Waals surface area contributed by atoms with E-state index in [2.05, 4.69) is 39.9 Å². The van der Waals surface area contributed by atoms with Crippen LogP contribution in [-0.2, 0) is 6.61 Å². The molecule has 1 aromatic heterocycles. The minimum absolute atomic E-state index is 0.539. The molecule has 3 nitrogen and oxygen atoms in total. The Kier molecular flexibility index (Phi) is 4.70. The first-order chi connectivity index (χ1) is 8.31. The molecule has 2 rings (SSSR count). The molecular formula is C11H12N2OS3.